The minimum atomic E-state index is 0.156. The van der Waals surface area contributed by atoms with Crippen molar-refractivity contribution < 1.29 is 4.74 Å². The van der Waals surface area contributed by atoms with Crippen molar-refractivity contribution in [2.75, 3.05) is 33.4 Å². The zero-order chi connectivity index (χ0) is 19.3. The maximum Gasteiger partial charge on any atom is 0.115 e. The summed E-state index contributed by atoms with van der Waals surface area (Å²) in [6.07, 6.45) is 5.84. The van der Waals surface area contributed by atoms with Gasteiger partial charge in [-0.2, -0.15) is 0 Å². The zero-order valence-corrected chi connectivity index (χ0v) is 17.0. The quantitative estimate of drug-likeness (QED) is 0.776. The van der Waals surface area contributed by atoms with Gasteiger partial charge in [-0.15, -0.1) is 0 Å². The molecule has 2 aliphatic rings. The van der Waals surface area contributed by atoms with Crippen molar-refractivity contribution in [1.82, 2.24) is 25.7 Å². The van der Waals surface area contributed by atoms with Gasteiger partial charge in [0.1, 0.15) is 6.33 Å². The van der Waals surface area contributed by atoms with Crippen LogP contribution in [-0.2, 0) is 4.74 Å². The van der Waals surface area contributed by atoms with E-state index in [0.29, 0.717) is 12.0 Å². The van der Waals surface area contributed by atoms with Gasteiger partial charge in [-0.3, -0.25) is 5.43 Å². The molecule has 2 N–H and O–H groups in total. The van der Waals surface area contributed by atoms with E-state index in [9.17, 15) is 0 Å². The van der Waals surface area contributed by atoms with Crippen LogP contribution in [0.3, 0.4) is 0 Å². The molecule has 3 heterocycles. The normalized spacial score (nSPS) is 26.6. The Morgan fingerprint density at radius 1 is 1.14 bits per heavy atom. The van der Waals surface area contributed by atoms with Gasteiger partial charge in [-0.1, -0.05) is 23.7 Å². The van der Waals surface area contributed by atoms with Gasteiger partial charge in [0.15, 0.2) is 0 Å². The van der Waals surface area contributed by atoms with Crippen LogP contribution in [0, 0.1) is 5.92 Å². The summed E-state index contributed by atoms with van der Waals surface area (Å²) in [6, 6.07) is 10.7. The summed E-state index contributed by atoms with van der Waals surface area (Å²) >= 11 is 6.10. The summed E-state index contributed by atoms with van der Waals surface area (Å²) in [5.74, 6) is 0.850. The highest BCUT2D eigenvalue weighted by molar-refractivity contribution is 6.30. The summed E-state index contributed by atoms with van der Waals surface area (Å²) in [7, 11) is 1.77. The number of likely N-dealkylation sites (tertiary alicyclic amines) is 1. The average molecular weight is 402 g/mol. The van der Waals surface area contributed by atoms with Crippen molar-refractivity contribution in [3.63, 3.8) is 0 Å². The van der Waals surface area contributed by atoms with Gasteiger partial charge in [0.05, 0.1) is 18.3 Å². The van der Waals surface area contributed by atoms with Crippen LogP contribution >= 0.6 is 11.6 Å². The van der Waals surface area contributed by atoms with Crippen molar-refractivity contribution in [2.24, 2.45) is 5.92 Å². The topological polar surface area (TPSA) is 62.3 Å². The molecule has 6 nitrogen and oxygen atoms in total. The number of aromatic nitrogens is 2. The summed E-state index contributed by atoms with van der Waals surface area (Å²) in [4.78, 5) is 11.2. The van der Waals surface area contributed by atoms with Gasteiger partial charge >= 0.3 is 0 Å². The van der Waals surface area contributed by atoms with Gasteiger partial charge in [0, 0.05) is 36.8 Å². The fraction of sp³-hybridized carbons (Fsp3) is 0.524. The maximum atomic E-state index is 6.10. The van der Waals surface area contributed by atoms with Crippen LogP contribution < -0.4 is 10.9 Å². The molecule has 0 amide bonds. The van der Waals surface area contributed by atoms with E-state index >= 15 is 0 Å². The van der Waals surface area contributed by atoms with Crippen LogP contribution in [0.25, 0.3) is 0 Å². The maximum absolute atomic E-state index is 6.10. The first-order chi connectivity index (χ1) is 13.8. The molecule has 1 aromatic carbocycles. The standard InChI is InChI=1S/C21H28ClN5O/c1-28-13-12-27-10-7-16(8-11-27)21-19(18-6-9-23-14-24-18)20(25-26-21)15-2-4-17(22)5-3-15/h2-6,9,14,16,19-21,25-26H,7-8,10-13H2,1H3. The third kappa shape index (κ3) is 4.36. The lowest BCUT2D eigenvalue weighted by atomic mass is 9.77. The number of piperidine rings is 1. The van der Waals surface area contributed by atoms with Gasteiger partial charge in [-0.25, -0.2) is 15.4 Å². The Bertz CT molecular complexity index is 736. The Hall–Kier alpha value is -1.57. The Labute approximate surface area is 171 Å². The van der Waals surface area contributed by atoms with Crippen molar-refractivity contribution >= 4 is 11.6 Å². The minimum absolute atomic E-state index is 0.156. The van der Waals surface area contributed by atoms with Crippen molar-refractivity contribution in [2.45, 2.75) is 30.8 Å². The van der Waals surface area contributed by atoms with E-state index in [-0.39, 0.29) is 12.0 Å². The molecular weight excluding hydrogens is 374 g/mol. The third-order valence-electron chi connectivity index (χ3n) is 6.08. The zero-order valence-electron chi connectivity index (χ0n) is 16.2. The van der Waals surface area contributed by atoms with E-state index in [0.717, 1.165) is 37.0 Å². The fourth-order valence-corrected chi connectivity index (χ4v) is 4.68. The van der Waals surface area contributed by atoms with Crippen molar-refractivity contribution in [1.29, 1.82) is 0 Å². The molecule has 0 bridgehead atoms. The molecule has 28 heavy (non-hydrogen) atoms. The summed E-state index contributed by atoms with van der Waals surface area (Å²) in [6.45, 7) is 4.06. The van der Waals surface area contributed by atoms with Crippen molar-refractivity contribution in [3.05, 3.63) is 59.1 Å². The number of hydrogen-bond donors (Lipinski definition) is 2. The molecule has 2 fully saturated rings. The fourth-order valence-electron chi connectivity index (χ4n) is 4.55. The van der Waals surface area contributed by atoms with Crippen LogP contribution in [0.15, 0.2) is 42.9 Å². The lowest BCUT2D eigenvalue weighted by Gasteiger charge is -2.36. The monoisotopic (exact) mass is 401 g/mol. The van der Waals surface area contributed by atoms with E-state index in [1.165, 1.54) is 18.4 Å². The first-order valence-electron chi connectivity index (χ1n) is 10.00. The molecule has 2 aliphatic heterocycles. The van der Waals surface area contributed by atoms with E-state index in [1.807, 2.05) is 24.4 Å². The third-order valence-corrected chi connectivity index (χ3v) is 6.33. The van der Waals surface area contributed by atoms with Gasteiger partial charge < -0.3 is 9.64 Å². The van der Waals surface area contributed by atoms with Gasteiger partial charge in [0.25, 0.3) is 0 Å². The Morgan fingerprint density at radius 2 is 1.93 bits per heavy atom. The summed E-state index contributed by atoms with van der Waals surface area (Å²) in [5.41, 5.74) is 9.46. The van der Waals surface area contributed by atoms with Gasteiger partial charge in [0.2, 0.25) is 0 Å². The Kier molecular flexibility index (Phi) is 6.54. The number of benzene rings is 1. The number of nitrogens with zero attached hydrogens (tertiary/aromatic N) is 3. The number of halogens is 1. The second-order valence-corrected chi connectivity index (χ2v) is 8.11. The molecule has 1 aromatic heterocycles. The second kappa shape index (κ2) is 9.29. The lowest BCUT2D eigenvalue weighted by molar-refractivity contribution is 0.110. The van der Waals surface area contributed by atoms with Crippen molar-refractivity contribution in [3.8, 4) is 0 Å². The van der Waals surface area contributed by atoms with Crippen LogP contribution in [0.5, 0.6) is 0 Å². The predicted molar refractivity (Wildman–Crippen MR) is 110 cm³/mol. The van der Waals surface area contributed by atoms with Gasteiger partial charge in [-0.05, 0) is 55.6 Å². The molecule has 3 unspecified atom stereocenters. The SMILES string of the molecule is COCCN1CCC(C2NNC(c3ccc(Cl)cc3)C2c2ccncn2)CC1. The molecule has 0 aliphatic carbocycles. The Morgan fingerprint density at radius 3 is 2.61 bits per heavy atom. The smallest absolute Gasteiger partial charge is 0.115 e. The van der Waals surface area contributed by atoms with Crippen LogP contribution in [0.1, 0.15) is 36.1 Å². The number of hydrazine groups is 1. The largest absolute Gasteiger partial charge is 0.383 e. The number of methoxy groups -OCH3 is 1. The summed E-state index contributed by atoms with van der Waals surface area (Å²) in [5, 5.41) is 0.758. The number of rotatable bonds is 6. The molecule has 7 heteroatoms. The minimum Gasteiger partial charge on any atom is -0.383 e. The Balaban J connectivity index is 1.53. The molecule has 2 aromatic rings. The number of hydrogen-bond acceptors (Lipinski definition) is 6. The van der Waals surface area contributed by atoms with Crippen LogP contribution in [0.4, 0.5) is 0 Å². The highest BCUT2D eigenvalue weighted by Crippen LogP contribution is 2.41. The molecule has 0 saturated carbocycles. The number of nitrogens with one attached hydrogen (secondary N) is 2. The first kappa shape index (κ1) is 19.7. The molecule has 150 valence electrons. The molecule has 0 spiro atoms. The highest BCUT2D eigenvalue weighted by atomic mass is 35.5. The van der Waals surface area contributed by atoms with E-state index in [4.69, 9.17) is 16.3 Å². The van der Waals surface area contributed by atoms with Crippen LogP contribution in [-0.4, -0.2) is 54.3 Å². The van der Waals surface area contributed by atoms with E-state index in [1.54, 1.807) is 13.4 Å². The van der Waals surface area contributed by atoms with E-state index in [2.05, 4.69) is 37.9 Å². The predicted octanol–water partition coefficient (Wildman–Crippen LogP) is 2.79. The molecule has 4 rings (SSSR count). The first-order valence-corrected chi connectivity index (χ1v) is 10.4. The highest BCUT2D eigenvalue weighted by Gasteiger charge is 2.43. The molecule has 2 saturated heterocycles. The average Bonchev–Trinajstić information content (AvgIpc) is 3.19. The summed E-state index contributed by atoms with van der Waals surface area (Å²) < 4.78 is 5.23. The van der Waals surface area contributed by atoms with Crippen LogP contribution in [0.2, 0.25) is 5.02 Å². The molecular formula is C21H28ClN5O. The lowest BCUT2D eigenvalue weighted by Crippen LogP contribution is -2.44. The number of ether oxygens (including phenoxy) is 1. The molecule has 0 radical (unpaired) electrons. The second-order valence-electron chi connectivity index (χ2n) is 7.68. The van der Waals surface area contributed by atoms with E-state index < -0.39 is 0 Å². The molecule has 3 atom stereocenters.